The predicted molar refractivity (Wildman–Crippen MR) is 110 cm³/mol. The zero-order valence-electron chi connectivity index (χ0n) is 16.6. The number of rotatable bonds is 5. The van der Waals surface area contributed by atoms with Gasteiger partial charge in [0, 0.05) is 25.3 Å². The molecule has 0 radical (unpaired) electrons. The Morgan fingerprint density at radius 3 is 2.67 bits per heavy atom. The van der Waals surface area contributed by atoms with Crippen LogP contribution in [0.25, 0.3) is 0 Å². The van der Waals surface area contributed by atoms with E-state index in [1.54, 1.807) is 13.8 Å². The third-order valence-corrected chi connectivity index (χ3v) is 7.20. The quantitative estimate of drug-likeness (QED) is 0.585. The first-order valence-corrected chi connectivity index (χ1v) is 11.0. The van der Waals surface area contributed by atoms with Crippen molar-refractivity contribution in [1.82, 2.24) is 10.2 Å². The fourth-order valence-electron chi connectivity index (χ4n) is 2.97. The smallest absolute Gasteiger partial charge is 0.246 e. The number of nitrogens with zero attached hydrogens (tertiary/aromatic N) is 2. The molecular formula is C19H30N4O3S. The van der Waals surface area contributed by atoms with Gasteiger partial charge in [0.05, 0.1) is 10.5 Å². The van der Waals surface area contributed by atoms with Crippen LogP contribution in [0.5, 0.6) is 0 Å². The maximum atomic E-state index is 12.3. The Bertz CT molecular complexity index is 803. The lowest BCUT2D eigenvalue weighted by Crippen LogP contribution is -2.57. The highest BCUT2D eigenvalue weighted by molar-refractivity contribution is 7.92. The second-order valence-electron chi connectivity index (χ2n) is 7.27. The van der Waals surface area contributed by atoms with Crippen LogP contribution < -0.4 is 10.6 Å². The SMILES string of the molecule is CCNC(=NCC(=O)Nc1cccc(CC)c1)N1CCS(=O)(=O)C(C)(C)C1. The standard InChI is InChI=1S/C19H30N4O3S/c1-5-15-8-7-9-16(12-15)22-17(24)13-21-18(20-6-2)23-10-11-27(25,26)19(3,4)14-23/h7-9,12H,5-6,10-11,13-14H2,1-4H3,(H,20,21)(H,22,24). The fraction of sp³-hybridized carbons (Fsp3) is 0.579. The van der Waals surface area contributed by atoms with Crippen LogP contribution in [0.15, 0.2) is 29.3 Å². The van der Waals surface area contributed by atoms with Gasteiger partial charge >= 0.3 is 0 Å². The molecule has 150 valence electrons. The molecule has 0 aliphatic carbocycles. The van der Waals surface area contributed by atoms with Gasteiger partial charge in [-0.3, -0.25) is 4.79 Å². The summed E-state index contributed by atoms with van der Waals surface area (Å²) < 4.78 is 23.6. The predicted octanol–water partition coefficient (Wildman–Crippen LogP) is 1.66. The molecule has 0 spiro atoms. The summed E-state index contributed by atoms with van der Waals surface area (Å²) >= 11 is 0. The first kappa shape index (κ1) is 21.2. The molecule has 27 heavy (non-hydrogen) atoms. The highest BCUT2D eigenvalue weighted by atomic mass is 32.2. The molecule has 0 saturated carbocycles. The topological polar surface area (TPSA) is 90.9 Å². The lowest BCUT2D eigenvalue weighted by molar-refractivity contribution is -0.114. The van der Waals surface area contributed by atoms with Crippen molar-refractivity contribution in [2.24, 2.45) is 4.99 Å². The van der Waals surface area contributed by atoms with Crippen LogP contribution in [0.2, 0.25) is 0 Å². The number of nitrogens with one attached hydrogen (secondary N) is 2. The number of hydrogen-bond acceptors (Lipinski definition) is 4. The third-order valence-electron chi connectivity index (χ3n) is 4.67. The van der Waals surface area contributed by atoms with Gasteiger partial charge in [0.1, 0.15) is 6.54 Å². The summed E-state index contributed by atoms with van der Waals surface area (Å²) in [6, 6.07) is 7.73. The number of anilines is 1. The Labute approximate surface area is 162 Å². The number of carbonyl (C=O) groups is 1. The van der Waals surface area contributed by atoms with Crippen molar-refractivity contribution in [3.05, 3.63) is 29.8 Å². The molecule has 0 aromatic heterocycles. The number of aryl methyl sites for hydroxylation is 1. The van der Waals surface area contributed by atoms with Crippen molar-refractivity contribution < 1.29 is 13.2 Å². The molecule has 1 aliphatic rings. The summed E-state index contributed by atoms with van der Waals surface area (Å²) in [6.45, 7) is 8.80. The van der Waals surface area contributed by atoms with Crippen molar-refractivity contribution in [3.8, 4) is 0 Å². The average molecular weight is 395 g/mol. The van der Waals surface area contributed by atoms with Crippen molar-refractivity contribution in [2.45, 2.75) is 38.9 Å². The number of guanidine groups is 1. The molecule has 1 aromatic carbocycles. The Morgan fingerprint density at radius 2 is 2.04 bits per heavy atom. The number of sulfone groups is 1. The molecule has 0 bridgehead atoms. The molecule has 1 fully saturated rings. The highest BCUT2D eigenvalue weighted by Crippen LogP contribution is 2.23. The lowest BCUT2D eigenvalue weighted by atomic mass is 10.1. The van der Waals surface area contributed by atoms with Gasteiger partial charge in [0.25, 0.3) is 0 Å². The van der Waals surface area contributed by atoms with Crippen LogP contribution in [0.3, 0.4) is 0 Å². The van der Waals surface area contributed by atoms with Crippen LogP contribution in [-0.2, 0) is 21.1 Å². The number of benzene rings is 1. The Kier molecular flexibility index (Phi) is 6.86. The molecule has 1 saturated heterocycles. The van der Waals surface area contributed by atoms with Crippen LogP contribution in [0.4, 0.5) is 5.69 Å². The zero-order valence-corrected chi connectivity index (χ0v) is 17.4. The number of carbonyl (C=O) groups excluding carboxylic acids is 1. The van der Waals surface area contributed by atoms with E-state index in [0.717, 1.165) is 17.7 Å². The molecule has 8 heteroatoms. The monoisotopic (exact) mass is 394 g/mol. The van der Waals surface area contributed by atoms with E-state index in [4.69, 9.17) is 0 Å². The maximum Gasteiger partial charge on any atom is 0.246 e. The van der Waals surface area contributed by atoms with Crippen LogP contribution in [-0.4, -0.2) is 61.9 Å². The van der Waals surface area contributed by atoms with E-state index in [9.17, 15) is 13.2 Å². The van der Waals surface area contributed by atoms with E-state index in [1.165, 1.54) is 0 Å². The zero-order chi connectivity index (χ0) is 20.1. The van der Waals surface area contributed by atoms with Crippen molar-refractivity contribution in [3.63, 3.8) is 0 Å². The average Bonchev–Trinajstić information content (AvgIpc) is 2.61. The summed E-state index contributed by atoms with van der Waals surface area (Å²) in [5.41, 5.74) is 1.91. The van der Waals surface area contributed by atoms with Crippen molar-refractivity contribution >= 4 is 27.4 Å². The first-order valence-electron chi connectivity index (χ1n) is 9.33. The summed E-state index contributed by atoms with van der Waals surface area (Å²) in [4.78, 5) is 18.6. The Morgan fingerprint density at radius 1 is 1.30 bits per heavy atom. The minimum absolute atomic E-state index is 0.0254. The summed E-state index contributed by atoms with van der Waals surface area (Å²) in [6.07, 6.45) is 0.903. The van der Waals surface area contributed by atoms with E-state index in [-0.39, 0.29) is 18.2 Å². The van der Waals surface area contributed by atoms with Gasteiger partial charge in [-0.2, -0.15) is 0 Å². The van der Waals surface area contributed by atoms with Gasteiger partial charge in [0.2, 0.25) is 5.91 Å². The van der Waals surface area contributed by atoms with E-state index >= 15 is 0 Å². The molecule has 2 rings (SSSR count). The summed E-state index contributed by atoms with van der Waals surface area (Å²) in [5.74, 6) is 0.445. The van der Waals surface area contributed by atoms with E-state index in [0.29, 0.717) is 25.6 Å². The van der Waals surface area contributed by atoms with Crippen LogP contribution in [0, 0.1) is 0 Å². The summed E-state index contributed by atoms with van der Waals surface area (Å²) in [7, 11) is -3.12. The van der Waals surface area contributed by atoms with Crippen LogP contribution >= 0.6 is 0 Å². The second-order valence-corrected chi connectivity index (χ2v) is 10.0. The van der Waals surface area contributed by atoms with Gasteiger partial charge in [0.15, 0.2) is 15.8 Å². The molecule has 1 amide bonds. The minimum Gasteiger partial charge on any atom is -0.357 e. The lowest BCUT2D eigenvalue weighted by Gasteiger charge is -2.39. The van der Waals surface area contributed by atoms with Gasteiger partial charge in [-0.15, -0.1) is 0 Å². The van der Waals surface area contributed by atoms with E-state index in [1.807, 2.05) is 36.1 Å². The maximum absolute atomic E-state index is 12.3. The van der Waals surface area contributed by atoms with Gasteiger partial charge in [-0.25, -0.2) is 13.4 Å². The third kappa shape index (κ3) is 5.45. The molecule has 0 unspecified atom stereocenters. The number of hydrogen-bond donors (Lipinski definition) is 2. The first-order chi connectivity index (χ1) is 12.7. The van der Waals surface area contributed by atoms with Crippen molar-refractivity contribution in [2.75, 3.05) is 37.2 Å². The Hall–Kier alpha value is -2.09. The number of aliphatic imine (C=N–C) groups is 1. The fourth-order valence-corrected chi connectivity index (χ4v) is 4.33. The van der Waals surface area contributed by atoms with Crippen molar-refractivity contribution in [1.29, 1.82) is 0 Å². The Balaban J connectivity index is 2.05. The molecule has 2 N–H and O–H groups in total. The van der Waals surface area contributed by atoms with Crippen LogP contribution in [0.1, 0.15) is 33.3 Å². The molecule has 7 nitrogen and oxygen atoms in total. The molecular weight excluding hydrogens is 364 g/mol. The van der Waals surface area contributed by atoms with Gasteiger partial charge in [-0.05, 0) is 44.9 Å². The molecule has 0 atom stereocenters. The van der Waals surface area contributed by atoms with Gasteiger partial charge in [-0.1, -0.05) is 19.1 Å². The molecule has 1 heterocycles. The largest absolute Gasteiger partial charge is 0.357 e. The summed E-state index contributed by atoms with van der Waals surface area (Å²) in [5, 5.41) is 6.01. The highest BCUT2D eigenvalue weighted by Gasteiger charge is 2.40. The normalized spacial score (nSPS) is 18.8. The van der Waals surface area contributed by atoms with E-state index < -0.39 is 14.6 Å². The second kappa shape index (κ2) is 8.73. The number of amides is 1. The van der Waals surface area contributed by atoms with E-state index in [2.05, 4.69) is 22.5 Å². The molecule has 1 aromatic rings. The van der Waals surface area contributed by atoms with Gasteiger partial charge < -0.3 is 15.5 Å². The minimum atomic E-state index is -3.12. The molecule has 1 aliphatic heterocycles.